The molecule has 0 heterocycles. The molecule has 2 heteroatoms. The van der Waals surface area contributed by atoms with E-state index in [9.17, 15) is 0 Å². The summed E-state index contributed by atoms with van der Waals surface area (Å²) in [5.41, 5.74) is 0. The van der Waals surface area contributed by atoms with Crippen LogP contribution in [-0.2, 0) is 0 Å². The predicted molar refractivity (Wildman–Crippen MR) is 31.3 cm³/mol. The molecule has 0 unspecified atom stereocenters. The van der Waals surface area contributed by atoms with Crippen molar-refractivity contribution in [2.75, 3.05) is 5.88 Å². The van der Waals surface area contributed by atoms with E-state index in [0.29, 0.717) is 5.88 Å². The van der Waals surface area contributed by atoms with Crippen LogP contribution in [0.1, 0.15) is 0 Å². The lowest BCUT2D eigenvalue weighted by molar-refractivity contribution is 1.80. The third-order valence-corrected chi connectivity index (χ3v) is 0.327. The molecule has 0 bridgehead atoms. The van der Waals surface area contributed by atoms with E-state index < -0.39 is 0 Å². The third-order valence-electron chi connectivity index (χ3n) is 0.109. The number of halogens is 1. The summed E-state index contributed by atoms with van der Waals surface area (Å²) < 4.78 is 0. The smallest absolute Gasteiger partial charge is 0.0401 e. The molecule has 0 aliphatic carbocycles. The molecular weight excluding hydrogens is 104 g/mol. The minimum Gasteiger partial charge on any atom is -0.197 e. The lowest BCUT2D eigenvalue weighted by atomic mass is 10.8. The van der Waals surface area contributed by atoms with Gasteiger partial charge in [0, 0.05) is 5.88 Å². The van der Waals surface area contributed by atoms with Gasteiger partial charge in [-0.1, -0.05) is 6.08 Å². The number of rotatable bonds is 1. The summed E-state index contributed by atoms with van der Waals surface area (Å²) in [5.74, 6) is 0.556. The van der Waals surface area contributed by atoms with Crippen LogP contribution in [0.5, 0.6) is 0 Å². The average Bonchev–Trinajstić information content (AvgIpc) is 1.37. The fraction of sp³-hybridized carbons (Fsp3) is 0.333. The quantitative estimate of drug-likeness (QED) is 0.355. The van der Waals surface area contributed by atoms with E-state index in [-0.39, 0.29) is 13.5 Å². The van der Waals surface area contributed by atoms with Gasteiger partial charge in [0.25, 0.3) is 0 Å². The Hall–Kier alpha value is 0.380. The van der Waals surface area contributed by atoms with Crippen LogP contribution in [0.25, 0.3) is 0 Å². The minimum absolute atomic E-state index is 0. The number of hydrogen-bond acceptors (Lipinski definition) is 0. The highest BCUT2D eigenvalue weighted by atomic mass is 35.5. The Kier molecular flexibility index (Phi) is 16.0. The minimum atomic E-state index is 0. The molecule has 0 amide bonds. The SMILES string of the molecule is C=CCCl.S. The van der Waals surface area contributed by atoms with E-state index in [2.05, 4.69) is 6.58 Å². The largest absolute Gasteiger partial charge is 0.197 e. The molecule has 0 aromatic heterocycles. The van der Waals surface area contributed by atoms with Gasteiger partial charge in [0.2, 0.25) is 0 Å². The van der Waals surface area contributed by atoms with E-state index in [4.69, 9.17) is 11.6 Å². The van der Waals surface area contributed by atoms with Gasteiger partial charge < -0.3 is 0 Å². The first-order valence-corrected chi connectivity index (χ1v) is 1.62. The summed E-state index contributed by atoms with van der Waals surface area (Å²) in [7, 11) is 0. The monoisotopic (exact) mass is 110 g/mol. The van der Waals surface area contributed by atoms with Crippen LogP contribution < -0.4 is 0 Å². The van der Waals surface area contributed by atoms with Gasteiger partial charge >= 0.3 is 0 Å². The van der Waals surface area contributed by atoms with E-state index in [0.717, 1.165) is 0 Å². The van der Waals surface area contributed by atoms with E-state index in [1.807, 2.05) is 0 Å². The summed E-state index contributed by atoms with van der Waals surface area (Å²) in [5, 5.41) is 0. The van der Waals surface area contributed by atoms with Crippen LogP contribution in [0.15, 0.2) is 12.7 Å². The fourth-order valence-corrected chi connectivity index (χ4v) is 0. The van der Waals surface area contributed by atoms with Crippen LogP contribution in [0.3, 0.4) is 0 Å². The van der Waals surface area contributed by atoms with Crippen LogP contribution in [0.2, 0.25) is 0 Å². The molecule has 0 saturated heterocycles. The molecule has 0 nitrogen and oxygen atoms in total. The molecule has 0 aliphatic rings. The molecular formula is C3H7ClS. The van der Waals surface area contributed by atoms with Gasteiger partial charge in [0.15, 0.2) is 0 Å². The Morgan fingerprint density at radius 3 is 2.00 bits per heavy atom. The Balaban J connectivity index is 0. The van der Waals surface area contributed by atoms with Crippen LogP contribution in [0.4, 0.5) is 0 Å². The van der Waals surface area contributed by atoms with Crippen LogP contribution in [0, 0.1) is 0 Å². The molecule has 0 spiro atoms. The maximum atomic E-state index is 5.07. The molecule has 0 fully saturated rings. The summed E-state index contributed by atoms with van der Waals surface area (Å²) in [6, 6.07) is 0. The Bertz CT molecular complexity index is 20.9. The van der Waals surface area contributed by atoms with Crippen molar-refractivity contribution in [1.29, 1.82) is 0 Å². The van der Waals surface area contributed by atoms with E-state index in [1.165, 1.54) is 0 Å². The molecule has 0 aromatic rings. The van der Waals surface area contributed by atoms with Crippen LogP contribution in [-0.4, -0.2) is 5.88 Å². The zero-order valence-corrected chi connectivity index (χ0v) is 4.63. The van der Waals surface area contributed by atoms with Gasteiger partial charge in [-0.25, -0.2) is 0 Å². The summed E-state index contributed by atoms with van der Waals surface area (Å²) in [6.07, 6.45) is 1.64. The zero-order chi connectivity index (χ0) is 3.41. The Labute approximate surface area is 44.3 Å². The van der Waals surface area contributed by atoms with Crippen molar-refractivity contribution in [2.45, 2.75) is 0 Å². The van der Waals surface area contributed by atoms with Gasteiger partial charge in [-0.15, -0.1) is 18.2 Å². The normalized spacial score (nSPS) is 5.00. The average molecular weight is 111 g/mol. The van der Waals surface area contributed by atoms with E-state index in [1.54, 1.807) is 6.08 Å². The zero-order valence-electron chi connectivity index (χ0n) is 2.87. The van der Waals surface area contributed by atoms with Crippen molar-refractivity contribution < 1.29 is 0 Å². The second-order valence-corrected chi connectivity index (χ2v) is 0.752. The highest BCUT2D eigenvalue weighted by Crippen LogP contribution is 1.67. The molecule has 0 aromatic carbocycles. The molecule has 0 radical (unpaired) electrons. The lowest BCUT2D eigenvalue weighted by Gasteiger charge is -1.55. The molecule has 0 rings (SSSR count). The molecule has 0 N–H and O–H groups in total. The second-order valence-electron chi connectivity index (χ2n) is 0.443. The highest BCUT2D eigenvalue weighted by Gasteiger charge is 1.48. The van der Waals surface area contributed by atoms with Crippen LogP contribution >= 0.6 is 25.1 Å². The Morgan fingerprint density at radius 2 is 2.00 bits per heavy atom. The first kappa shape index (κ1) is 9.03. The fourth-order valence-electron chi connectivity index (χ4n) is 0. The Morgan fingerprint density at radius 1 is 1.80 bits per heavy atom. The molecule has 5 heavy (non-hydrogen) atoms. The third kappa shape index (κ3) is 13.0. The van der Waals surface area contributed by atoms with Gasteiger partial charge in [0.1, 0.15) is 0 Å². The second kappa shape index (κ2) is 8.83. The van der Waals surface area contributed by atoms with Gasteiger partial charge in [-0.3, -0.25) is 0 Å². The molecule has 0 atom stereocenters. The predicted octanol–water partition coefficient (Wildman–Crippen LogP) is 1.52. The summed E-state index contributed by atoms with van der Waals surface area (Å²) in [4.78, 5) is 0. The summed E-state index contributed by atoms with van der Waals surface area (Å²) >= 11 is 5.07. The molecule has 0 saturated carbocycles. The van der Waals surface area contributed by atoms with Gasteiger partial charge in [-0.05, 0) is 0 Å². The molecule has 32 valence electrons. The van der Waals surface area contributed by atoms with Crippen molar-refractivity contribution in [3.05, 3.63) is 12.7 Å². The number of allylic oxidation sites excluding steroid dienone is 1. The van der Waals surface area contributed by atoms with Gasteiger partial charge in [0.05, 0.1) is 0 Å². The van der Waals surface area contributed by atoms with Crippen molar-refractivity contribution in [3.63, 3.8) is 0 Å². The molecule has 0 aliphatic heterocycles. The first-order valence-electron chi connectivity index (χ1n) is 1.08. The topological polar surface area (TPSA) is 0 Å². The highest BCUT2D eigenvalue weighted by molar-refractivity contribution is 7.59. The van der Waals surface area contributed by atoms with Crippen molar-refractivity contribution >= 4 is 25.1 Å². The maximum absolute atomic E-state index is 5.07. The standard InChI is InChI=1S/C3H5Cl.H2S/c1-2-3-4;/h2H,1,3H2;1H2. The van der Waals surface area contributed by atoms with Crippen molar-refractivity contribution in [1.82, 2.24) is 0 Å². The van der Waals surface area contributed by atoms with E-state index >= 15 is 0 Å². The first-order chi connectivity index (χ1) is 1.91. The van der Waals surface area contributed by atoms with Crippen molar-refractivity contribution in [2.24, 2.45) is 0 Å². The summed E-state index contributed by atoms with van der Waals surface area (Å²) in [6.45, 7) is 3.35. The maximum Gasteiger partial charge on any atom is 0.0401 e. The van der Waals surface area contributed by atoms with Gasteiger partial charge in [-0.2, -0.15) is 13.5 Å². The number of alkyl halides is 1. The lowest BCUT2D eigenvalue weighted by Crippen LogP contribution is -1.45. The van der Waals surface area contributed by atoms with Crippen molar-refractivity contribution in [3.8, 4) is 0 Å². The number of hydrogen-bond donors (Lipinski definition) is 0.